The molecular weight excluding hydrogens is 273 g/mol. The number of nitrogens with one attached hydrogen (secondary N) is 1. The Morgan fingerprint density at radius 3 is 2.75 bits per heavy atom. The zero-order valence-electron chi connectivity index (χ0n) is 10.4. The summed E-state index contributed by atoms with van der Waals surface area (Å²) in [5.41, 5.74) is -0.736. The molecule has 0 saturated carbocycles. The van der Waals surface area contributed by atoms with Gasteiger partial charge in [0.1, 0.15) is 18.7 Å². The molecule has 106 valence electrons. The fourth-order valence-electron chi connectivity index (χ4n) is 1.56. The Kier molecular flexibility index (Phi) is 3.73. The summed E-state index contributed by atoms with van der Waals surface area (Å²) in [5.74, 6) is -0.477. The molecule has 5 nitrogen and oxygen atoms in total. The van der Waals surface area contributed by atoms with Crippen molar-refractivity contribution in [3.8, 4) is 0 Å². The lowest BCUT2D eigenvalue weighted by Crippen LogP contribution is -2.24. The topological polar surface area (TPSA) is 59.8 Å². The van der Waals surface area contributed by atoms with Crippen LogP contribution in [0.4, 0.5) is 18.9 Å². The second-order valence-corrected chi connectivity index (χ2v) is 4.12. The summed E-state index contributed by atoms with van der Waals surface area (Å²) < 4.78 is 39.0. The SMILES string of the molecule is CC(C(=O)Nc1cccc(C(F)(F)F)c1)n1cncn1. The van der Waals surface area contributed by atoms with E-state index in [9.17, 15) is 18.0 Å². The van der Waals surface area contributed by atoms with Gasteiger partial charge in [0.2, 0.25) is 5.91 Å². The molecule has 0 bridgehead atoms. The molecule has 8 heteroatoms. The monoisotopic (exact) mass is 284 g/mol. The highest BCUT2D eigenvalue weighted by Gasteiger charge is 2.30. The normalized spacial score (nSPS) is 13.0. The van der Waals surface area contributed by atoms with E-state index in [1.165, 1.54) is 29.5 Å². The van der Waals surface area contributed by atoms with Gasteiger partial charge in [-0.2, -0.15) is 18.3 Å². The predicted molar refractivity (Wildman–Crippen MR) is 64.8 cm³/mol. The standard InChI is InChI=1S/C12H11F3N4O/c1-8(19-7-16-6-17-19)11(20)18-10-4-2-3-9(5-10)12(13,14)15/h2-8H,1H3,(H,18,20). The summed E-state index contributed by atoms with van der Waals surface area (Å²) in [6.45, 7) is 1.57. The van der Waals surface area contributed by atoms with E-state index < -0.39 is 23.7 Å². The summed E-state index contributed by atoms with van der Waals surface area (Å²) in [6, 6.07) is 3.77. The van der Waals surface area contributed by atoms with Crippen LogP contribution in [-0.2, 0) is 11.0 Å². The van der Waals surface area contributed by atoms with Gasteiger partial charge in [0.05, 0.1) is 5.56 Å². The van der Waals surface area contributed by atoms with Crippen molar-refractivity contribution in [2.75, 3.05) is 5.32 Å². The first-order valence-electron chi connectivity index (χ1n) is 5.70. The first-order chi connectivity index (χ1) is 9.38. The molecule has 2 aromatic rings. The van der Waals surface area contributed by atoms with Gasteiger partial charge in [-0.1, -0.05) is 6.07 Å². The third-order valence-corrected chi connectivity index (χ3v) is 2.67. The van der Waals surface area contributed by atoms with Crippen LogP contribution in [-0.4, -0.2) is 20.7 Å². The number of aromatic nitrogens is 3. The number of hydrogen-bond acceptors (Lipinski definition) is 3. The van der Waals surface area contributed by atoms with Gasteiger partial charge in [-0.15, -0.1) is 0 Å². The maximum atomic E-state index is 12.6. The maximum Gasteiger partial charge on any atom is 0.416 e. The van der Waals surface area contributed by atoms with Crippen LogP contribution >= 0.6 is 0 Å². The van der Waals surface area contributed by atoms with Gasteiger partial charge in [-0.3, -0.25) is 4.79 Å². The second kappa shape index (κ2) is 5.32. The molecule has 0 aliphatic carbocycles. The minimum atomic E-state index is -4.45. The van der Waals surface area contributed by atoms with E-state index in [0.717, 1.165) is 12.1 Å². The number of anilines is 1. The first-order valence-corrected chi connectivity index (χ1v) is 5.70. The molecular formula is C12H11F3N4O. The van der Waals surface area contributed by atoms with Crippen LogP contribution < -0.4 is 5.32 Å². The van der Waals surface area contributed by atoms with E-state index in [-0.39, 0.29) is 5.69 Å². The molecule has 2 rings (SSSR count). The Balaban J connectivity index is 2.12. The highest BCUT2D eigenvalue weighted by Crippen LogP contribution is 2.30. The Labute approximate surface area is 112 Å². The number of amides is 1. The largest absolute Gasteiger partial charge is 0.416 e. The molecule has 20 heavy (non-hydrogen) atoms. The number of carbonyl (C=O) groups is 1. The second-order valence-electron chi connectivity index (χ2n) is 4.12. The Hall–Kier alpha value is -2.38. The van der Waals surface area contributed by atoms with Gasteiger partial charge in [-0.05, 0) is 25.1 Å². The van der Waals surface area contributed by atoms with Crippen molar-refractivity contribution in [1.82, 2.24) is 14.8 Å². The van der Waals surface area contributed by atoms with Gasteiger partial charge < -0.3 is 5.32 Å². The van der Waals surface area contributed by atoms with Crippen LogP contribution in [0.5, 0.6) is 0 Å². The molecule has 1 aromatic carbocycles. The minimum Gasteiger partial charge on any atom is -0.324 e. The van der Waals surface area contributed by atoms with Crippen LogP contribution in [0, 0.1) is 0 Å². The van der Waals surface area contributed by atoms with Crippen molar-refractivity contribution in [3.05, 3.63) is 42.5 Å². The summed E-state index contributed by atoms with van der Waals surface area (Å²) in [4.78, 5) is 15.6. The number of rotatable bonds is 3. The predicted octanol–water partition coefficient (Wildman–Crippen LogP) is 2.50. The highest BCUT2D eigenvalue weighted by atomic mass is 19.4. The van der Waals surface area contributed by atoms with E-state index >= 15 is 0 Å². The van der Waals surface area contributed by atoms with E-state index in [4.69, 9.17) is 0 Å². The van der Waals surface area contributed by atoms with Crippen LogP contribution in [0.15, 0.2) is 36.9 Å². The Morgan fingerprint density at radius 2 is 2.15 bits per heavy atom. The average Bonchev–Trinajstić information content (AvgIpc) is 2.91. The van der Waals surface area contributed by atoms with Gasteiger partial charge in [0.25, 0.3) is 0 Å². The quantitative estimate of drug-likeness (QED) is 0.942. The molecule has 1 aromatic heterocycles. The molecule has 1 amide bonds. The molecule has 0 aliphatic heterocycles. The molecule has 1 unspecified atom stereocenters. The van der Waals surface area contributed by atoms with Crippen molar-refractivity contribution < 1.29 is 18.0 Å². The third-order valence-electron chi connectivity index (χ3n) is 2.67. The fourth-order valence-corrected chi connectivity index (χ4v) is 1.56. The lowest BCUT2D eigenvalue weighted by Gasteiger charge is -2.13. The molecule has 1 N–H and O–H groups in total. The van der Waals surface area contributed by atoms with Crippen molar-refractivity contribution in [2.45, 2.75) is 19.1 Å². The van der Waals surface area contributed by atoms with Crippen LogP contribution in [0.1, 0.15) is 18.5 Å². The number of hydrogen-bond donors (Lipinski definition) is 1. The lowest BCUT2D eigenvalue weighted by molar-refractivity contribution is -0.137. The minimum absolute atomic E-state index is 0.0804. The molecule has 0 fully saturated rings. The summed E-state index contributed by atoms with van der Waals surface area (Å²) in [6.07, 6.45) is -1.82. The molecule has 0 saturated heterocycles. The maximum absolute atomic E-state index is 12.6. The Morgan fingerprint density at radius 1 is 1.40 bits per heavy atom. The number of nitrogens with zero attached hydrogens (tertiary/aromatic N) is 3. The highest BCUT2D eigenvalue weighted by molar-refractivity contribution is 5.93. The zero-order chi connectivity index (χ0) is 14.8. The van der Waals surface area contributed by atoms with E-state index in [1.807, 2.05) is 0 Å². The van der Waals surface area contributed by atoms with Gasteiger partial charge in [0, 0.05) is 5.69 Å². The number of alkyl halides is 3. The summed E-state index contributed by atoms with van der Waals surface area (Å²) >= 11 is 0. The molecule has 1 atom stereocenters. The average molecular weight is 284 g/mol. The zero-order valence-corrected chi connectivity index (χ0v) is 10.4. The third kappa shape index (κ3) is 3.14. The summed E-state index contributed by atoms with van der Waals surface area (Å²) in [7, 11) is 0. The first kappa shape index (κ1) is 14.0. The van der Waals surface area contributed by atoms with Gasteiger partial charge in [0.15, 0.2) is 0 Å². The van der Waals surface area contributed by atoms with Gasteiger partial charge in [-0.25, -0.2) is 9.67 Å². The smallest absolute Gasteiger partial charge is 0.324 e. The van der Waals surface area contributed by atoms with Crippen molar-refractivity contribution in [2.24, 2.45) is 0 Å². The molecule has 0 radical (unpaired) electrons. The van der Waals surface area contributed by atoms with Crippen molar-refractivity contribution in [1.29, 1.82) is 0 Å². The van der Waals surface area contributed by atoms with Gasteiger partial charge >= 0.3 is 6.18 Å². The van der Waals surface area contributed by atoms with E-state index in [0.29, 0.717) is 0 Å². The Bertz CT molecular complexity index is 595. The van der Waals surface area contributed by atoms with E-state index in [2.05, 4.69) is 15.4 Å². The van der Waals surface area contributed by atoms with Crippen molar-refractivity contribution >= 4 is 11.6 Å². The molecule has 0 spiro atoms. The molecule has 0 aliphatic rings. The lowest BCUT2D eigenvalue weighted by atomic mass is 10.2. The van der Waals surface area contributed by atoms with E-state index in [1.54, 1.807) is 6.92 Å². The van der Waals surface area contributed by atoms with Crippen LogP contribution in [0.25, 0.3) is 0 Å². The van der Waals surface area contributed by atoms with Crippen molar-refractivity contribution in [3.63, 3.8) is 0 Å². The van der Waals surface area contributed by atoms with Crippen LogP contribution in [0.3, 0.4) is 0 Å². The fraction of sp³-hybridized carbons (Fsp3) is 0.250. The number of carbonyl (C=O) groups excluding carboxylic acids is 1. The number of benzene rings is 1. The summed E-state index contributed by atoms with van der Waals surface area (Å²) in [5, 5.41) is 6.22. The molecule has 1 heterocycles. The van der Waals surface area contributed by atoms with Crippen LogP contribution in [0.2, 0.25) is 0 Å². The number of halogens is 3.